The van der Waals surface area contributed by atoms with Crippen LogP contribution in [0.2, 0.25) is 0 Å². The van der Waals surface area contributed by atoms with Gasteiger partial charge in [0.1, 0.15) is 0 Å². The summed E-state index contributed by atoms with van der Waals surface area (Å²) < 4.78 is 1.04. The van der Waals surface area contributed by atoms with Crippen molar-refractivity contribution in [1.82, 2.24) is 4.98 Å². The Bertz CT molecular complexity index is 713. The van der Waals surface area contributed by atoms with Crippen LogP contribution in [0.5, 0.6) is 0 Å². The van der Waals surface area contributed by atoms with E-state index in [1.165, 1.54) is 0 Å². The maximum absolute atomic E-state index is 12.4. The first kappa shape index (κ1) is 11.1. The zero-order valence-electron chi connectivity index (χ0n) is 9.88. The molecule has 88 valence electrons. The number of fused-ring (bicyclic) bond motifs is 1. The second kappa shape index (κ2) is 4.35. The van der Waals surface area contributed by atoms with Gasteiger partial charge in [0.25, 0.3) is 0 Å². The van der Waals surface area contributed by atoms with E-state index < -0.39 is 0 Å². The Morgan fingerprint density at radius 3 is 2.83 bits per heavy atom. The summed E-state index contributed by atoms with van der Waals surface area (Å²) >= 11 is 1.60. The third-order valence-electron chi connectivity index (χ3n) is 2.90. The Morgan fingerprint density at radius 2 is 2.06 bits per heavy atom. The fourth-order valence-electron chi connectivity index (χ4n) is 1.93. The van der Waals surface area contributed by atoms with Crippen molar-refractivity contribution in [1.29, 1.82) is 0 Å². The van der Waals surface area contributed by atoms with Crippen LogP contribution in [0.3, 0.4) is 0 Å². The molecule has 0 bridgehead atoms. The summed E-state index contributed by atoms with van der Waals surface area (Å²) in [7, 11) is 0. The molecule has 0 radical (unpaired) electrons. The number of ketones is 1. The lowest BCUT2D eigenvalue weighted by atomic mass is 10.0. The van der Waals surface area contributed by atoms with Gasteiger partial charge in [-0.05, 0) is 42.0 Å². The Hall–Kier alpha value is -2.00. The fourth-order valence-corrected chi connectivity index (χ4v) is 2.84. The highest BCUT2D eigenvalue weighted by Gasteiger charge is 2.13. The number of rotatable bonds is 2. The molecule has 0 saturated carbocycles. The molecule has 0 amide bonds. The summed E-state index contributed by atoms with van der Waals surface area (Å²) in [6.07, 6.45) is 1.64. The molecular weight excluding hydrogens is 242 g/mol. The quantitative estimate of drug-likeness (QED) is 0.649. The van der Waals surface area contributed by atoms with Crippen LogP contribution >= 0.6 is 11.3 Å². The highest BCUT2D eigenvalue weighted by molar-refractivity contribution is 7.17. The maximum atomic E-state index is 12.4. The molecule has 3 aromatic rings. The van der Waals surface area contributed by atoms with Crippen LogP contribution in [0.1, 0.15) is 21.6 Å². The maximum Gasteiger partial charge on any atom is 0.196 e. The van der Waals surface area contributed by atoms with Gasteiger partial charge in [-0.2, -0.15) is 0 Å². The number of thiophene rings is 1. The van der Waals surface area contributed by atoms with Crippen LogP contribution in [0, 0.1) is 6.92 Å². The van der Waals surface area contributed by atoms with E-state index in [2.05, 4.69) is 4.98 Å². The number of carbonyl (C=O) groups excluding carboxylic acids is 1. The van der Waals surface area contributed by atoms with Crippen molar-refractivity contribution in [2.75, 3.05) is 0 Å². The lowest BCUT2D eigenvalue weighted by molar-refractivity contribution is 0.104. The molecule has 0 fully saturated rings. The van der Waals surface area contributed by atoms with E-state index >= 15 is 0 Å². The topological polar surface area (TPSA) is 30.0 Å². The molecule has 2 aromatic heterocycles. The Kier molecular flexibility index (Phi) is 2.68. The summed E-state index contributed by atoms with van der Waals surface area (Å²) in [5.41, 5.74) is 2.32. The summed E-state index contributed by atoms with van der Waals surface area (Å²) in [5.74, 6) is 0.0375. The normalized spacial score (nSPS) is 10.7. The number of hydrogen-bond acceptors (Lipinski definition) is 3. The average Bonchev–Trinajstić information content (AvgIpc) is 2.87. The van der Waals surface area contributed by atoms with Crippen molar-refractivity contribution < 1.29 is 4.79 Å². The number of hydrogen-bond donors (Lipinski definition) is 0. The van der Waals surface area contributed by atoms with Crippen LogP contribution in [-0.2, 0) is 0 Å². The smallest absolute Gasteiger partial charge is 0.196 e. The molecular formula is C15H11NOS. The number of pyridine rings is 1. The van der Waals surface area contributed by atoms with E-state index in [1.54, 1.807) is 17.5 Å². The number of nitrogens with zero attached hydrogens (tertiary/aromatic N) is 1. The molecule has 2 nitrogen and oxygen atoms in total. The Labute approximate surface area is 109 Å². The molecule has 0 saturated heterocycles. The van der Waals surface area contributed by atoms with Crippen LogP contribution < -0.4 is 0 Å². The highest BCUT2D eigenvalue weighted by Crippen LogP contribution is 2.26. The predicted octanol–water partition coefficient (Wildman–Crippen LogP) is 3.84. The zero-order chi connectivity index (χ0) is 12.5. The average molecular weight is 253 g/mol. The van der Waals surface area contributed by atoms with Crippen molar-refractivity contribution in [3.05, 3.63) is 64.8 Å². The van der Waals surface area contributed by atoms with E-state index in [9.17, 15) is 4.79 Å². The van der Waals surface area contributed by atoms with Gasteiger partial charge in [-0.25, -0.2) is 0 Å². The Morgan fingerprint density at radius 1 is 1.17 bits per heavy atom. The lowest BCUT2D eigenvalue weighted by Crippen LogP contribution is -2.02. The molecule has 3 heteroatoms. The predicted molar refractivity (Wildman–Crippen MR) is 74.2 cm³/mol. The second-order valence-corrected chi connectivity index (χ2v) is 5.08. The van der Waals surface area contributed by atoms with Crippen molar-refractivity contribution in [2.24, 2.45) is 0 Å². The van der Waals surface area contributed by atoms with E-state index in [0.29, 0.717) is 5.56 Å². The van der Waals surface area contributed by atoms with Crippen molar-refractivity contribution in [3.63, 3.8) is 0 Å². The van der Waals surface area contributed by atoms with Gasteiger partial charge in [0.05, 0.1) is 0 Å². The van der Waals surface area contributed by atoms with E-state index in [4.69, 9.17) is 0 Å². The minimum absolute atomic E-state index is 0.0375. The van der Waals surface area contributed by atoms with Gasteiger partial charge in [-0.3, -0.25) is 9.78 Å². The lowest BCUT2D eigenvalue weighted by Gasteiger charge is -2.02. The molecule has 2 heterocycles. The van der Waals surface area contributed by atoms with Crippen molar-refractivity contribution >= 4 is 27.2 Å². The van der Waals surface area contributed by atoms with Gasteiger partial charge in [-0.15, -0.1) is 11.3 Å². The van der Waals surface area contributed by atoms with Crippen LogP contribution in [0.15, 0.2) is 48.0 Å². The first-order chi connectivity index (χ1) is 8.75. The van der Waals surface area contributed by atoms with Gasteiger partial charge in [0, 0.05) is 27.7 Å². The largest absolute Gasteiger partial charge is 0.288 e. The summed E-state index contributed by atoms with van der Waals surface area (Å²) in [5, 5.41) is 3.13. The monoisotopic (exact) mass is 253 g/mol. The first-order valence-electron chi connectivity index (χ1n) is 5.69. The molecule has 0 aliphatic rings. The molecule has 18 heavy (non-hydrogen) atoms. The van der Waals surface area contributed by atoms with E-state index in [1.807, 2.05) is 48.7 Å². The number of benzene rings is 1. The third kappa shape index (κ3) is 1.83. The molecule has 0 unspecified atom stereocenters. The molecule has 1 aromatic carbocycles. The summed E-state index contributed by atoms with van der Waals surface area (Å²) in [6, 6.07) is 11.5. The second-order valence-electron chi connectivity index (χ2n) is 4.16. The summed E-state index contributed by atoms with van der Waals surface area (Å²) in [4.78, 5) is 16.6. The van der Waals surface area contributed by atoms with Gasteiger partial charge in [-0.1, -0.05) is 12.1 Å². The molecule has 0 atom stereocenters. The van der Waals surface area contributed by atoms with Crippen molar-refractivity contribution in [2.45, 2.75) is 6.92 Å². The van der Waals surface area contributed by atoms with Crippen LogP contribution in [0.25, 0.3) is 10.1 Å². The molecule has 3 rings (SSSR count). The molecule has 0 N–H and O–H groups in total. The molecule has 0 aliphatic heterocycles. The first-order valence-corrected chi connectivity index (χ1v) is 6.57. The number of aromatic nitrogens is 1. The number of carbonyl (C=O) groups is 1. The SMILES string of the molecule is Cc1ccc(C(=O)c2cccc3ccsc23)cn1. The molecule has 0 aliphatic carbocycles. The van der Waals surface area contributed by atoms with Crippen molar-refractivity contribution in [3.8, 4) is 0 Å². The minimum Gasteiger partial charge on any atom is -0.288 e. The standard InChI is InChI=1S/C15H11NOS/c1-10-5-6-12(9-16-10)14(17)13-4-2-3-11-7-8-18-15(11)13/h2-9H,1H3. The van der Waals surface area contributed by atoms with E-state index in [-0.39, 0.29) is 5.78 Å². The molecule has 0 spiro atoms. The van der Waals surface area contributed by atoms with Gasteiger partial charge >= 0.3 is 0 Å². The summed E-state index contributed by atoms with van der Waals surface area (Å²) in [6.45, 7) is 1.91. The fraction of sp³-hybridized carbons (Fsp3) is 0.0667. The van der Waals surface area contributed by atoms with Gasteiger partial charge in [0.2, 0.25) is 0 Å². The van der Waals surface area contributed by atoms with E-state index in [0.717, 1.165) is 21.3 Å². The highest BCUT2D eigenvalue weighted by atomic mass is 32.1. The zero-order valence-corrected chi connectivity index (χ0v) is 10.7. The van der Waals surface area contributed by atoms with Gasteiger partial charge < -0.3 is 0 Å². The third-order valence-corrected chi connectivity index (χ3v) is 3.86. The number of aryl methyl sites for hydroxylation is 1. The van der Waals surface area contributed by atoms with Crippen LogP contribution in [-0.4, -0.2) is 10.8 Å². The minimum atomic E-state index is 0.0375. The van der Waals surface area contributed by atoms with Crippen LogP contribution in [0.4, 0.5) is 0 Å². The van der Waals surface area contributed by atoms with Gasteiger partial charge in [0.15, 0.2) is 5.78 Å². The Balaban J connectivity index is 2.12.